The van der Waals surface area contributed by atoms with Gasteiger partial charge in [0.2, 0.25) is 0 Å². The third kappa shape index (κ3) is 3.76. The van der Waals surface area contributed by atoms with Crippen molar-refractivity contribution in [2.24, 2.45) is 11.8 Å². The molecule has 0 spiro atoms. The first-order valence-electron chi connectivity index (χ1n) is 6.51. The first kappa shape index (κ1) is 13.0. The number of hydrogen-bond donors (Lipinski definition) is 1. The summed E-state index contributed by atoms with van der Waals surface area (Å²) in [6.45, 7) is 7.23. The fourth-order valence-corrected chi connectivity index (χ4v) is 3.19. The van der Waals surface area contributed by atoms with Crippen LogP contribution >= 0.6 is 0 Å². The van der Waals surface area contributed by atoms with Gasteiger partial charge in [-0.15, -0.1) is 0 Å². The van der Waals surface area contributed by atoms with Crippen molar-refractivity contribution in [3.8, 4) is 0 Å². The molecule has 0 saturated heterocycles. The van der Waals surface area contributed by atoms with E-state index in [-0.39, 0.29) is 0 Å². The molecule has 2 unspecified atom stereocenters. The lowest BCUT2D eigenvalue weighted by Crippen LogP contribution is -2.44. The van der Waals surface area contributed by atoms with Crippen molar-refractivity contribution in [1.82, 2.24) is 10.2 Å². The topological polar surface area (TPSA) is 15.3 Å². The largest absolute Gasteiger partial charge is 0.320 e. The number of hydrogen-bond acceptors (Lipinski definition) is 2. The molecule has 1 rings (SSSR count). The van der Waals surface area contributed by atoms with Crippen LogP contribution in [-0.4, -0.2) is 38.1 Å². The molecule has 1 aliphatic carbocycles. The fourth-order valence-electron chi connectivity index (χ4n) is 3.19. The Hall–Kier alpha value is -0.0800. The normalized spacial score (nSPS) is 32.2. The van der Waals surface area contributed by atoms with Gasteiger partial charge in [-0.05, 0) is 58.3 Å². The maximum Gasteiger partial charge on any atom is 0.0143 e. The van der Waals surface area contributed by atoms with Crippen molar-refractivity contribution >= 4 is 0 Å². The van der Waals surface area contributed by atoms with E-state index in [0.717, 1.165) is 24.4 Å². The highest BCUT2D eigenvalue weighted by atomic mass is 15.1. The minimum absolute atomic E-state index is 0.815. The average molecular weight is 212 g/mol. The van der Waals surface area contributed by atoms with E-state index >= 15 is 0 Å². The van der Waals surface area contributed by atoms with E-state index in [1.165, 1.54) is 32.2 Å². The second-order valence-electron chi connectivity index (χ2n) is 5.31. The van der Waals surface area contributed by atoms with Gasteiger partial charge in [-0.25, -0.2) is 0 Å². The van der Waals surface area contributed by atoms with E-state index in [1.807, 2.05) is 7.05 Å². The zero-order valence-corrected chi connectivity index (χ0v) is 10.9. The lowest BCUT2D eigenvalue weighted by atomic mass is 9.78. The Morgan fingerprint density at radius 1 is 1.20 bits per heavy atom. The Labute approximate surface area is 95.4 Å². The lowest BCUT2D eigenvalue weighted by Gasteiger charge is -2.41. The molecule has 2 nitrogen and oxygen atoms in total. The first-order chi connectivity index (χ1) is 7.16. The molecule has 0 radical (unpaired) electrons. The molecule has 0 aromatic rings. The van der Waals surface area contributed by atoms with Gasteiger partial charge in [-0.2, -0.15) is 0 Å². The second kappa shape index (κ2) is 6.49. The van der Waals surface area contributed by atoms with Crippen LogP contribution in [0.1, 0.15) is 39.5 Å². The Bertz CT molecular complexity index is 160. The predicted octanol–water partition coefficient (Wildman–Crippen LogP) is 2.35. The van der Waals surface area contributed by atoms with Crippen molar-refractivity contribution in [3.63, 3.8) is 0 Å². The third-order valence-corrected chi connectivity index (χ3v) is 3.93. The Kier molecular flexibility index (Phi) is 5.62. The highest BCUT2D eigenvalue weighted by Crippen LogP contribution is 2.31. The van der Waals surface area contributed by atoms with Gasteiger partial charge in [0, 0.05) is 6.04 Å². The van der Waals surface area contributed by atoms with Crippen molar-refractivity contribution in [2.45, 2.75) is 45.6 Å². The molecule has 1 N–H and O–H groups in total. The summed E-state index contributed by atoms with van der Waals surface area (Å²) in [6, 6.07) is 0.815. The molecular weight excluding hydrogens is 184 g/mol. The molecular formula is C13H28N2. The van der Waals surface area contributed by atoms with Gasteiger partial charge >= 0.3 is 0 Å². The summed E-state index contributed by atoms with van der Waals surface area (Å²) in [5.41, 5.74) is 0. The minimum atomic E-state index is 0.815. The monoisotopic (exact) mass is 212 g/mol. The lowest BCUT2D eigenvalue weighted by molar-refractivity contribution is 0.0907. The Balaban J connectivity index is 2.37. The van der Waals surface area contributed by atoms with E-state index < -0.39 is 0 Å². The van der Waals surface area contributed by atoms with Crippen LogP contribution in [0.15, 0.2) is 0 Å². The molecule has 90 valence electrons. The number of rotatable bonds is 5. The molecule has 2 atom stereocenters. The van der Waals surface area contributed by atoms with E-state index in [4.69, 9.17) is 0 Å². The first-order valence-corrected chi connectivity index (χ1v) is 6.51. The molecule has 1 fully saturated rings. The van der Waals surface area contributed by atoms with Crippen LogP contribution in [0, 0.1) is 11.8 Å². The molecule has 0 aliphatic heterocycles. The van der Waals surface area contributed by atoms with Crippen molar-refractivity contribution in [2.75, 3.05) is 27.2 Å². The van der Waals surface area contributed by atoms with E-state index in [1.54, 1.807) is 0 Å². The van der Waals surface area contributed by atoms with E-state index in [9.17, 15) is 0 Å². The van der Waals surface area contributed by atoms with Gasteiger partial charge in [0.05, 0.1) is 0 Å². The molecule has 0 aromatic heterocycles. The summed E-state index contributed by atoms with van der Waals surface area (Å²) in [7, 11) is 4.34. The summed E-state index contributed by atoms with van der Waals surface area (Å²) in [4.78, 5) is 2.59. The standard InChI is InChI=1S/C13H28N2/c1-11-7-5-8-12(2)13(11)15(4)10-6-9-14-3/h11-14H,5-10H2,1-4H3. The molecule has 2 heteroatoms. The highest BCUT2D eigenvalue weighted by Gasteiger charge is 2.30. The average Bonchev–Trinajstić information content (AvgIpc) is 2.18. The van der Waals surface area contributed by atoms with Crippen LogP contribution in [0.25, 0.3) is 0 Å². The fraction of sp³-hybridized carbons (Fsp3) is 1.00. The predicted molar refractivity (Wildman–Crippen MR) is 67.1 cm³/mol. The van der Waals surface area contributed by atoms with Crippen LogP contribution < -0.4 is 5.32 Å². The van der Waals surface area contributed by atoms with Crippen molar-refractivity contribution < 1.29 is 0 Å². The van der Waals surface area contributed by atoms with Crippen LogP contribution in [0.5, 0.6) is 0 Å². The Morgan fingerprint density at radius 3 is 2.33 bits per heavy atom. The van der Waals surface area contributed by atoms with Gasteiger partial charge < -0.3 is 10.2 Å². The molecule has 0 bridgehead atoms. The maximum atomic E-state index is 3.22. The van der Waals surface area contributed by atoms with E-state index in [2.05, 4.69) is 31.1 Å². The number of nitrogens with one attached hydrogen (secondary N) is 1. The number of nitrogens with zero attached hydrogens (tertiary/aromatic N) is 1. The molecule has 15 heavy (non-hydrogen) atoms. The molecule has 0 amide bonds. The van der Waals surface area contributed by atoms with Gasteiger partial charge in [-0.3, -0.25) is 0 Å². The van der Waals surface area contributed by atoms with Crippen LogP contribution in [0.2, 0.25) is 0 Å². The third-order valence-electron chi connectivity index (χ3n) is 3.93. The van der Waals surface area contributed by atoms with Gasteiger partial charge in [-0.1, -0.05) is 20.3 Å². The van der Waals surface area contributed by atoms with Crippen LogP contribution in [0.4, 0.5) is 0 Å². The summed E-state index contributed by atoms with van der Waals surface area (Å²) >= 11 is 0. The summed E-state index contributed by atoms with van der Waals surface area (Å²) in [5.74, 6) is 1.77. The van der Waals surface area contributed by atoms with Crippen molar-refractivity contribution in [1.29, 1.82) is 0 Å². The van der Waals surface area contributed by atoms with Crippen molar-refractivity contribution in [3.05, 3.63) is 0 Å². The van der Waals surface area contributed by atoms with Gasteiger partial charge in [0.25, 0.3) is 0 Å². The van der Waals surface area contributed by atoms with Crippen LogP contribution in [0.3, 0.4) is 0 Å². The van der Waals surface area contributed by atoms with E-state index in [0.29, 0.717) is 0 Å². The van der Waals surface area contributed by atoms with Crippen LogP contribution in [-0.2, 0) is 0 Å². The minimum Gasteiger partial charge on any atom is -0.320 e. The molecule has 1 saturated carbocycles. The molecule has 0 heterocycles. The Morgan fingerprint density at radius 2 is 1.80 bits per heavy atom. The smallest absolute Gasteiger partial charge is 0.0143 e. The van der Waals surface area contributed by atoms with Gasteiger partial charge in [0.15, 0.2) is 0 Å². The summed E-state index contributed by atoms with van der Waals surface area (Å²) in [5, 5.41) is 3.22. The zero-order valence-electron chi connectivity index (χ0n) is 10.9. The quantitative estimate of drug-likeness (QED) is 0.704. The van der Waals surface area contributed by atoms with Gasteiger partial charge in [0.1, 0.15) is 0 Å². The summed E-state index contributed by atoms with van der Waals surface area (Å²) in [6.07, 6.45) is 5.54. The summed E-state index contributed by atoms with van der Waals surface area (Å²) < 4.78 is 0. The highest BCUT2D eigenvalue weighted by molar-refractivity contribution is 4.84. The zero-order chi connectivity index (χ0) is 11.3. The molecule has 0 aromatic carbocycles. The second-order valence-corrected chi connectivity index (χ2v) is 5.31. The SMILES string of the molecule is CNCCCN(C)C1C(C)CCCC1C. The molecule has 1 aliphatic rings. The maximum absolute atomic E-state index is 3.22.